The smallest absolute Gasteiger partial charge is 0.534 e. The van der Waals surface area contributed by atoms with Gasteiger partial charge in [-0.1, -0.05) is 35.9 Å². The lowest BCUT2D eigenvalue weighted by Crippen LogP contribution is -2.60. The Morgan fingerprint density at radius 1 is 1.06 bits per heavy atom. The van der Waals surface area contributed by atoms with Gasteiger partial charge >= 0.3 is 42.7 Å². The Kier molecular flexibility index (Phi) is 10.4. The maximum Gasteiger partial charge on any atom is 0.547 e. The van der Waals surface area contributed by atoms with Crippen molar-refractivity contribution in [3.63, 3.8) is 0 Å². The lowest BCUT2D eigenvalue weighted by atomic mass is 9.72. The number of aromatic hydroxyl groups is 2. The number of carboxylic acid groups (broad SMARTS) is 1. The molecule has 5 rings (SSSR count). The topological polar surface area (TPSA) is 281 Å². The normalized spacial score (nSPS) is 17.1. The maximum atomic E-state index is 14.2. The standard InChI is InChI=1S/C28H26BClFN4O14PS/c30-21-15(4-8-18(36)23(21)37)12-34-9-10-35(27(40)26(34)39)51(47,48)33-22(13-1-5-16(6-2-13)50(44,45)46)25(38)32-19-11-14-3-7-17(31)20(28(41)42)24(14)49-29(19)43/h1-8,19,22,33,36-37,43H,9-12H2,(H,32,38)(H,41,42)(H2,44,45,46)/t19-,22?/m0/s1. The molecule has 0 bridgehead atoms. The van der Waals surface area contributed by atoms with Gasteiger partial charge in [-0.05, 0) is 47.4 Å². The Morgan fingerprint density at radius 3 is 2.35 bits per heavy atom. The number of fused-ring (bicyclic) bond motifs is 1. The van der Waals surface area contributed by atoms with Crippen molar-refractivity contribution in [2.24, 2.45) is 0 Å². The molecule has 23 heteroatoms. The van der Waals surface area contributed by atoms with Gasteiger partial charge in [-0.25, -0.2) is 13.5 Å². The summed E-state index contributed by atoms with van der Waals surface area (Å²) >= 11 is 6.02. The number of amides is 3. The summed E-state index contributed by atoms with van der Waals surface area (Å²) in [5.41, 5.74) is -0.887. The number of phenolic OH excluding ortho intramolecular Hbond substituents is 2. The summed E-state index contributed by atoms with van der Waals surface area (Å²) in [6.07, 6.45) is -0.322. The Bertz CT molecular complexity index is 2110. The van der Waals surface area contributed by atoms with Gasteiger partial charge in [0.25, 0.3) is 0 Å². The number of benzene rings is 3. The Balaban J connectivity index is 1.39. The number of hydrogen-bond acceptors (Lipinski definition) is 11. The number of aromatic carboxylic acids is 1. The Labute approximate surface area is 292 Å². The van der Waals surface area contributed by atoms with Gasteiger partial charge < -0.3 is 45.0 Å². The predicted octanol–water partition coefficient (Wildman–Crippen LogP) is -0.722. The third kappa shape index (κ3) is 7.64. The first-order valence-electron chi connectivity index (χ1n) is 14.5. The molecular formula is C28H26BClFN4O14PS. The summed E-state index contributed by atoms with van der Waals surface area (Å²) < 4.78 is 60.4. The van der Waals surface area contributed by atoms with Crippen LogP contribution in [0.15, 0.2) is 48.5 Å². The molecule has 0 aliphatic carbocycles. The van der Waals surface area contributed by atoms with Crippen molar-refractivity contribution >= 4 is 65.5 Å². The summed E-state index contributed by atoms with van der Waals surface area (Å²) in [6, 6.07) is 6.24. The number of carbonyl (C=O) groups is 4. The van der Waals surface area contributed by atoms with Crippen LogP contribution in [-0.4, -0.2) is 97.6 Å². The van der Waals surface area contributed by atoms with Gasteiger partial charge in [-0.15, -0.1) is 0 Å². The van der Waals surface area contributed by atoms with E-state index < -0.39 is 101 Å². The number of phenols is 2. The minimum Gasteiger partial charge on any atom is -0.534 e. The van der Waals surface area contributed by atoms with Crippen LogP contribution >= 0.6 is 19.2 Å². The maximum absolute atomic E-state index is 14.2. The van der Waals surface area contributed by atoms with Crippen LogP contribution in [0.3, 0.4) is 0 Å². The Morgan fingerprint density at radius 2 is 1.73 bits per heavy atom. The molecular weight excluding hydrogens is 745 g/mol. The van der Waals surface area contributed by atoms with Crippen LogP contribution in [0, 0.1) is 5.82 Å². The number of piperazine rings is 1. The largest absolute Gasteiger partial charge is 0.547 e. The van der Waals surface area contributed by atoms with E-state index in [9.17, 15) is 66.7 Å². The molecule has 2 heterocycles. The van der Waals surface area contributed by atoms with Crippen LogP contribution in [0.4, 0.5) is 4.39 Å². The minimum absolute atomic E-state index is 0.0679. The zero-order valence-corrected chi connectivity index (χ0v) is 28.1. The summed E-state index contributed by atoms with van der Waals surface area (Å²) in [5, 5.41) is 41.0. The number of nitrogens with one attached hydrogen (secondary N) is 2. The second kappa shape index (κ2) is 14.1. The lowest BCUT2D eigenvalue weighted by Gasteiger charge is -2.34. The number of nitrogens with zero attached hydrogens (tertiary/aromatic N) is 2. The van der Waals surface area contributed by atoms with Gasteiger partial charge in [0.1, 0.15) is 23.2 Å². The molecule has 18 nitrogen and oxygen atoms in total. The van der Waals surface area contributed by atoms with E-state index >= 15 is 0 Å². The second-order valence-corrected chi connectivity index (χ2v) is 14.9. The number of halogens is 2. The number of rotatable bonds is 10. The molecule has 3 aromatic rings. The highest BCUT2D eigenvalue weighted by atomic mass is 35.5. The van der Waals surface area contributed by atoms with Crippen LogP contribution in [-0.2, 0) is 42.1 Å². The molecule has 51 heavy (non-hydrogen) atoms. The van der Waals surface area contributed by atoms with Crippen molar-refractivity contribution in [2.45, 2.75) is 24.9 Å². The van der Waals surface area contributed by atoms with Gasteiger partial charge in [0.05, 0.1) is 22.8 Å². The summed E-state index contributed by atoms with van der Waals surface area (Å²) in [4.78, 5) is 71.3. The van der Waals surface area contributed by atoms with E-state index in [0.29, 0.717) is 0 Å². The molecule has 2 atom stereocenters. The molecule has 270 valence electrons. The highest BCUT2D eigenvalue weighted by Gasteiger charge is 2.43. The van der Waals surface area contributed by atoms with Gasteiger partial charge in [0.15, 0.2) is 11.5 Å². The molecule has 1 fully saturated rings. The zero-order chi connectivity index (χ0) is 37.6. The molecule has 2 aliphatic rings. The third-order valence-corrected chi connectivity index (χ3v) is 10.8. The quantitative estimate of drug-likeness (QED) is 0.0547. The molecule has 1 saturated heterocycles. The van der Waals surface area contributed by atoms with Crippen molar-refractivity contribution in [1.82, 2.24) is 19.2 Å². The fourth-order valence-electron chi connectivity index (χ4n) is 5.33. The van der Waals surface area contributed by atoms with Gasteiger partial charge in [0.2, 0.25) is 5.91 Å². The van der Waals surface area contributed by atoms with E-state index in [1.54, 1.807) is 0 Å². The molecule has 0 radical (unpaired) electrons. The Hall–Kier alpha value is -4.76. The van der Waals surface area contributed by atoms with Gasteiger partial charge in [-0.3, -0.25) is 18.9 Å². The first-order chi connectivity index (χ1) is 23.8. The van der Waals surface area contributed by atoms with Crippen molar-refractivity contribution in [3.05, 3.63) is 81.6 Å². The van der Waals surface area contributed by atoms with Crippen LogP contribution in [0.25, 0.3) is 0 Å². The number of hydrogen-bond donors (Lipinski definition) is 8. The van der Waals surface area contributed by atoms with Crippen molar-refractivity contribution in [2.75, 3.05) is 13.1 Å². The fraction of sp³-hybridized carbons (Fsp3) is 0.214. The highest BCUT2D eigenvalue weighted by molar-refractivity contribution is 7.87. The molecule has 0 aromatic heterocycles. The van der Waals surface area contributed by atoms with E-state index in [2.05, 4.69) is 5.32 Å². The van der Waals surface area contributed by atoms with E-state index in [0.717, 1.165) is 47.4 Å². The molecule has 3 aromatic carbocycles. The lowest BCUT2D eigenvalue weighted by molar-refractivity contribution is -0.152. The third-order valence-electron chi connectivity index (χ3n) is 7.94. The average Bonchev–Trinajstić information content (AvgIpc) is 3.05. The van der Waals surface area contributed by atoms with Gasteiger partial charge in [-0.2, -0.15) is 13.1 Å². The SMILES string of the molecule is O=C(O)c1c(F)ccc2c1OB(O)[C@@H](NC(=O)C(NS(=O)(=O)N1CCN(Cc3ccc(O)c(O)c3Cl)C(=O)C1=O)c1ccc(P(=O)(O)O)cc1)C2. The van der Waals surface area contributed by atoms with Crippen LogP contribution in [0.1, 0.15) is 33.1 Å². The molecule has 2 aliphatic heterocycles. The van der Waals surface area contributed by atoms with Crippen LogP contribution in [0.2, 0.25) is 5.02 Å². The monoisotopic (exact) mass is 770 g/mol. The molecule has 3 amide bonds. The van der Waals surface area contributed by atoms with E-state index in [1.807, 2.05) is 4.72 Å². The summed E-state index contributed by atoms with van der Waals surface area (Å²) in [6.45, 7) is -1.35. The van der Waals surface area contributed by atoms with E-state index in [-0.39, 0.29) is 45.5 Å². The first-order valence-corrected chi connectivity index (χ1v) is 17.9. The average molecular weight is 771 g/mol. The summed E-state index contributed by atoms with van der Waals surface area (Å²) in [5.74, 6) is -9.97. The second-order valence-electron chi connectivity index (χ2n) is 11.2. The molecule has 0 spiro atoms. The summed E-state index contributed by atoms with van der Waals surface area (Å²) in [7, 11) is -11.8. The van der Waals surface area contributed by atoms with Crippen molar-refractivity contribution in [3.8, 4) is 17.2 Å². The van der Waals surface area contributed by atoms with E-state index in [1.165, 1.54) is 6.07 Å². The highest BCUT2D eigenvalue weighted by Crippen LogP contribution is 2.37. The number of carboxylic acids is 1. The minimum atomic E-state index is -5.06. The predicted molar refractivity (Wildman–Crippen MR) is 172 cm³/mol. The first kappa shape index (κ1) is 37.5. The van der Waals surface area contributed by atoms with Crippen molar-refractivity contribution < 1.29 is 71.3 Å². The van der Waals surface area contributed by atoms with Crippen molar-refractivity contribution in [1.29, 1.82) is 0 Å². The fourth-order valence-corrected chi connectivity index (χ4v) is 7.38. The van der Waals surface area contributed by atoms with Crippen LogP contribution in [0.5, 0.6) is 17.2 Å². The van der Waals surface area contributed by atoms with Crippen LogP contribution < -0.4 is 20.0 Å². The molecule has 8 N–H and O–H groups in total. The molecule has 1 unspecified atom stereocenters. The zero-order valence-electron chi connectivity index (χ0n) is 25.6. The number of carbonyl (C=O) groups excluding carboxylic acids is 3. The van der Waals surface area contributed by atoms with Gasteiger partial charge in [0, 0.05) is 13.1 Å². The van der Waals surface area contributed by atoms with E-state index in [4.69, 9.17) is 16.3 Å². The molecule has 0 saturated carbocycles.